The van der Waals surface area contributed by atoms with Crippen LogP contribution in [0.25, 0.3) is 0 Å². The summed E-state index contributed by atoms with van der Waals surface area (Å²) in [7, 11) is 3.59. The van der Waals surface area contributed by atoms with Crippen LogP contribution in [0.2, 0.25) is 0 Å². The van der Waals surface area contributed by atoms with Crippen molar-refractivity contribution < 1.29 is 4.74 Å². The molecule has 17 heavy (non-hydrogen) atoms. The Balaban J connectivity index is 2.34. The second-order valence-corrected chi connectivity index (χ2v) is 5.85. The van der Waals surface area contributed by atoms with E-state index in [-0.39, 0.29) is 6.04 Å². The zero-order chi connectivity index (χ0) is 12.3. The first-order valence-electron chi connectivity index (χ1n) is 5.14. The minimum Gasteiger partial charge on any atom is -0.495 e. The average molecular weight is 313 g/mol. The lowest BCUT2D eigenvalue weighted by Crippen LogP contribution is -2.17. The summed E-state index contributed by atoms with van der Waals surface area (Å²) in [5.41, 5.74) is 2.32. The molecule has 2 aromatic rings. The molecule has 0 bridgehead atoms. The maximum absolute atomic E-state index is 5.19. The molecule has 0 fully saturated rings. The van der Waals surface area contributed by atoms with E-state index in [1.165, 1.54) is 5.56 Å². The van der Waals surface area contributed by atoms with E-state index in [4.69, 9.17) is 4.74 Å². The Bertz CT molecular complexity index is 501. The quantitative estimate of drug-likeness (QED) is 0.941. The van der Waals surface area contributed by atoms with Gasteiger partial charge in [-0.2, -0.15) is 0 Å². The van der Waals surface area contributed by atoms with Gasteiger partial charge in [0.05, 0.1) is 23.1 Å². The van der Waals surface area contributed by atoms with E-state index in [0.29, 0.717) is 0 Å². The molecule has 1 unspecified atom stereocenters. The highest BCUT2D eigenvalue weighted by atomic mass is 79.9. The predicted octanol–water partition coefficient (Wildman–Crippen LogP) is 3.22. The van der Waals surface area contributed by atoms with E-state index in [0.717, 1.165) is 15.1 Å². The van der Waals surface area contributed by atoms with Crippen LogP contribution < -0.4 is 10.1 Å². The topological polar surface area (TPSA) is 34.2 Å². The molecular weight excluding hydrogens is 300 g/mol. The molecular formula is C12H13BrN2OS. The maximum Gasteiger partial charge on any atom is 0.137 e. The van der Waals surface area contributed by atoms with E-state index < -0.39 is 0 Å². The van der Waals surface area contributed by atoms with Gasteiger partial charge < -0.3 is 10.1 Å². The molecule has 5 heteroatoms. The minimum atomic E-state index is 0.139. The number of nitrogens with zero attached hydrogens (tertiary/aromatic N) is 1. The Morgan fingerprint density at radius 1 is 1.35 bits per heavy atom. The number of ether oxygens (including phenoxy) is 1. The lowest BCUT2D eigenvalue weighted by molar-refractivity contribution is 0.411. The summed E-state index contributed by atoms with van der Waals surface area (Å²) in [5, 5.41) is 5.42. The SMILES string of the molecule is CNC(c1cncc(OC)c1)c1csc(Br)c1. The van der Waals surface area contributed by atoms with Gasteiger partial charge in [-0.05, 0) is 51.6 Å². The molecule has 0 aliphatic carbocycles. The van der Waals surface area contributed by atoms with Crippen molar-refractivity contribution in [3.8, 4) is 5.75 Å². The lowest BCUT2D eigenvalue weighted by atomic mass is 10.0. The highest BCUT2D eigenvalue weighted by molar-refractivity contribution is 9.11. The minimum absolute atomic E-state index is 0.139. The molecule has 2 aromatic heterocycles. The molecule has 3 nitrogen and oxygen atoms in total. The number of nitrogens with one attached hydrogen (secondary N) is 1. The van der Waals surface area contributed by atoms with Crippen LogP contribution in [0, 0.1) is 0 Å². The number of thiophene rings is 1. The monoisotopic (exact) mass is 312 g/mol. The third-order valence-electron chi connectivity index (χ3n) is 2.51. The summed E-state index contributed by atoms with van der Waals surface area (Å²) < 4.78 is 6.32. The van der Waals surface area contributed by atoms with E-state index in [1.807, 2.05) is 19.3 Å². The number of rotatable bonds is 4. The molecule has 0 aliphatic rings. The molecule has 0 saturated heterocycles. The molecule has 0 aliphatic heterocycles. The van der Waals surface area contributed by atoms with Crippen molar-refractivity contribution in [1.29, 1.82) is 0 Å². The molecule has 2 heterocycles. The fourth-order valence-corrected chi connectivity index (χ4v) is 2.91. The Hall–Kier alpha value is -0.910. The zero-order valence-corrected chi connectivity index (χ0v) is 12.0. The van der Waals surface area contributed by atoms with Gasteiger partial charge in [0.2, 0.25) is 0 Å². The average Bonchev–Trinajstić information content (AvgIpc) is 2.77. The van der Waals surface area contributed by atoms with Crippen LogP contribution in [0.15, 0.2) is 33.7 Å². The highest BCUT2D eigenvalue weighted by Crippen LogP contribution is 2.29. The van der Waals surface area contributed by atoms with Crippen molar-refractivity contribution in [2.45, 2.75) is 6.04 Å². The number of pyridine rings is 1. The van der Waals surface area contributed by atoms with Crippen molar-refractivity contribution in [2.24, 2.45) is 0 Å². The number of aromatic nitrogens is 1. The lowest BCUT2D eigenvalue weighted by Gasteiger charge is -2.15. The highest BCUT2D eigenvalue weighted by Gasteiger charge is 2.14. The maximum atomic E-state index is 5.19. The molecule has 0 aromatic carbocycles. The Morgan fingerprint density at radius 3 is 2.76 bits per heavy atom. The van der Waals surface area contributed by atoms with Crippen molar-refractivity contribution in [3.05, 3.63) is 44.8 Å². The van der Waals surface area contributed by atoms with Crippen LogP contribution >= 0.6 is 27.3 Å². The van der Waals surface area contributed by atoms with Crippen LogP contribution in [0.4, 0.5) is 0 Å². The molecule has 0 amide bonds. The summed E-state index contributed by atoms with van der Waals surface area (Å²) in [5.74, 6) is 0.775. The molecule has 90 valence electrons. The number of methoxy groups -OCH3 is 1. The summed E-state index contributed by atoms with van der Waals surface area (Å²) in [6.07, 6.45) is 3.56. The third-order valence-corrected chi connectivity index (χ3v) is 4.04. The number of halogens is 1. The molecule has 1 atom stereocenters. The first-order valence-corrected chi connectivity index (χ1v) is 6.82. The second-order valence-electron chi connectivity index (χ2n) is 3.56. The van der Waals surface area contributed by atoms with E-state index in [2.05, 4.69) is 37.7 Å². The summed E-state index contributed by atoms with van der Waals surface area (Å²) in [6.45, 7) is 0. The zero-order valence-electron chi connectivity index (χ0n) is 9.61. The summed E-state index contributed by atoms with van der Waals surface area (Å²) in [4.78, 5) is 4.18. The van der Waals surface area contributed by atoms with Gasteiger partial charge in [0, 0.05) is 6.20 Å². The van der Waals surface area contributed by atoms with Gasteiger partial charge in [0.1, 0.15) is 5.75 Å². The molecule has 0 radical (unpaired) electrons. The van der Waals surface area contributed by atoms with Gasteiger partial charge in [0.15, 0.2) is 0 Å². The number of hydrogen-bond donors (Lipinski definition) is 1. The van der Waals surface area contributed by atoms with Gasteiger partial charge in [-0.1, -0.05) is 0 Å². The van der Waals surface area contributed by atoms with Gasteiger partial charge in [-0.15, -0.1) is 11.3 Å². The fourth-order valence-electron chi connectivity index (χ4n) is 1.71. The van der Waals surface area contributed by atoms with Gasteiger partial charge in [-0.3, -0.25) is 4.98 Å². The van der Waals surface area contributed by atoms with Crippen molar-refractivity contribution in [2.75, 3.05) is 14.2 Å². The normalized spacial score (nSPS) is 12.4. The van der Waals surface area contributed by atoms with E-state index in [1.54, 1.807) is 24.6 Å². The van der Waals surface area contributed by atoms with E-state index >= 15 is 0 Å². The third kappa shape index (κ3) is 2.86. The summed E-state index contributed by atoms with van der Waals surface area (Å²) in [6, 6.07) is 4.26. The number of hydrogen-bond acceptors (Lipinski definition) is 4. The van der Waals surface area contributed by atoms with Crippen LogP contribution in [-0.2, 0) is 0 Å². The van der Waals surface area contributed by atoms with Gasteiger partial charge in [-0.25, -0.2) is 0 Å². The van der Waals surface area contributed by atoms with Crippen molar-refractivity contribution >= 4 is 27.3 Å². The Morgan fingerprint density at radius 2 is 2.18 bits per heavy atom. The van der Waals surface area contributed by atoms with Crippen LogP contribution in [0.5, 0.6) is 5.75 Å². The smallest absolute Gasteiger partial charge is 0.137 e. The first kappa shape index (κ1) is 12.5. The van der Waals surface area contributed by atoms with Crippen LogP contribution in [-0.4, -0.2) is 19.1 Å². The summed E-state index contributed by atoms with van der Waals surface area (Å²) >= 11 is 5.16. The van der Waals surface area contributed by atoms with Crippen LogP contribution in [0.3, 0.4) is 0 Å². The Labute approximate surface area is 113 Å². The second kappa shape index (κ2) is 5.62. The largest absolute Gasteiger partial charge is 0.495 e. The first-order chi connectivity index (χ1) is 8.24. The molecule has 0 saturated carbocycles. The predicted molar refractivity (Wildman–Crippen MR) is 73.7 cm³/mol. The fraction of sp³-hybridized carbons (Fsp3) is 0.250. The standard InChI is InChI=1S/C12H13BrN2OS/c1-14-12(9-4-11(13)17-7-9)8-3-10(16-2)6-15-5-8/h3-7,12,14H,1-2H3. The van der Waals surface area contributed by atoms with E-state index in [9.17, 15) is 0 Å². The van der Waals surface area contributed by atoms with Crippen LogP contribution in [0.1, 0.15) is 17.2 Å². The van der Waals surface area contributed by atoms with Gasteiger partial charge in [0.25, 0.3) is 0 Å². The molecule has 2 rings (SSSR count). The Kier molecular flexibility index (Phi) is 4.15. The van der Waals surface area contributed by atoms with Crippen molar-refractivity contribution in [3.63, 3.8) is 0 Å². The molecule has 0 spiro atoms. The van der Waals surface area contributed by atoms with Crippen molar-refractivity contribution in [1.82, 2.24) is 10.3 Å². The molecule has 1 N–H and O–H groups in total. The van der Waals surface area contributed by atoms with Gasteiger partial charge >= 0.3 is 0 Å².